The molecule has 0 radical (unpaired) electrons. The van der Waals surface area contributed by atoms with Crippen molar-refractivity contribution in [2.24, 2.45) is 10.9 Å². The third-order valence-corrected chi connectivity index (χ3v) is 2.51. The molecule has 0 amide bonds. The zero-order chi connectivity index (χ0) is 10.8. The van der Waals surface area contributed by atoms with Gasteiger partial charge in [0.2, 0.25) is 0 Å². The molecule has 0 rings (SSSR count). The summed E-state index contributed by atoms with van der Waals surface area (Å²) < 4.78 is 10.7. The monoisotopic (exact) mass is 221 g/mol. The van der Waals surface area contributed by atoms with Gasteiger partial charge in [-0.2, -0.15) is 0 Å². The minimum Gasteiger partial charge on any atom is -0.409 e. The summed E-state index contributed by atoms with van der Waals surface area (Å²) >= 11 is 0. The summed E-state index contributed by atoms with van der Waals surface area (Å²) in [6.45, 7) is 1.67. The minimum atomic E-state index is -0.716. The van der Waals surface area contributed by atoms with E-state index < -0.39 is 10.8 Å². The number of rotatable bonds is 8. The molecule has 0 saturated heterocycles. The molecule has 0 aliphatic rings. The molecular weight excluding hydrogens is 202 g/mol. The average molecular weight is 221 g/mol. The molecule has 0 saturated carbocycles. The SMILES string of the molecule is CS(=O)CCNCCCCC(N)=NO. The Bertz CT molecular complexity index is 197. The van der Waals surface area contributed by atoms with Crippen LogP contribution in [0, 0.1) is 0 Å². The first-order chi connectivity index (χ1) is 6.66. The van der Waals surface area contributed by atoms with Gasteiger partial charge >= 0.3 is 0 Å². The molecule has 0 aliphatic heterocycles. The van der Waals surface area contributed by atoms with Crippen LogP contribution in [0.25, 0.3) is 0 Å². The average Bonchev–Trinajstić information content (AvgIpc) is 2.15. The highest BCUT2D eigenvalue weighted by atomic mass is 32.2. The Kier molecular flexibility index (Phi) is 8.56. The number of unbranched alkanes of at least 4 members (excludes halogenated alkanes) is 1. The molecule has 0 aliphatic carbocycles. The van der Waals surface area contributed by atoms with Gasteiger partial charge in [0.15, 0.2) is 0 Å². The van der Waals surface area contributed by atoms with Crippen LogP contribution in [0.4, 0.5) is 0 Å². The summed E-state index contributed by atoms with van der Waals surface area (Å²) in [5.41, 5.74) is 5.29. The lowest BCUT2D eigenvalue weighted by atomic mass is 10.2. The lowest BCUT2D eigenvalue weighted by Gasteiger charge is -2.02. The van der Waals surface area contributed by atoms with Crippen LogP contribution in [-0.2, 0) is 10.8 Å². The molecule has 6 heteroatoms. The van der Waals surface area contributed by atoms with Crippen LogP contribution in [0.1, 0.15) is 19.3 Å². The second-order valence-electron chi connectivity index (χ2n) is 3.08. The van der Waals surface area contributed by atoms with Gasteiger partial charge in [-0.1, -0.05) is 5.16 Å². The quantitative estimate of drug-likeness (QED) is 0.175. The summed E-state index contributed by atoms with van der Waals surface area (Å²) in [6.07, 6.45) is 4.20. The van der Waals surface area contributed by atoms with Crippen LogP contribution in [-0.4, -0.2) is 40.3 Å². The summed E-state index contributed by atoms with van der Waals surface area (Å²) in [6, 6.07) is 0. The first kappa shape index (κ1) is 13.4. The van der Waals surface area contributed by atoms with Crippen molar-refractivity contribution in [3.05, 3.63) is 0 Å². The van der Waals surface area contributed by atoms with E-state index in [1.807, 2.05) is 0 Å². The van der Waals surface area contributed by atoms with E-state index in [2.05, 4.69) is 10.5 Å². The first-order valence-corrected chi connectivity index (χ1v) is 6.36. The van der Waals surface area contributed by atoms with E-state index in [0.29, 0.717) is 12.2 Å². The van der Waals surface area contributed by atoms with Gasteiger partial charge in [-0.15, -0.1) is 0 Å². The second-order valence-corrected chi connectivity index (χ2v) is 4.63. The molecule has 1 unspecified atom stereocenters. The first-order valence-electron chi connectivity index (χ1n) is 4.64. The van der Waals surface area contributed by atoms with Gasteiger partial charge in [-0.05, 0) is 19.4 Å². The van der Waals surface area contributed by atoms with Gasteiger partial charge in [0, 0.05) is 35.8 Å². The van der Waals surface area contributed by atoms with Crippen molar-refractivity contribution in [2.45, 2.75) is 19.3 Å². The Morgan fingerprint density at radius 2 is 2.21 bits per heavy atom. The lowest BCUT2D eigenvalue weighted by Crippen LogP contribution is -2.21. The summed E-state index contributed by atoms with van der Waals surface area (Å²) in [4.78, 5) is 0. The van der Waals surface area contributed by atoms with Crippen LogP contribution < -0.4 is 11.1 Å². The fourth-order valence-electron chi connectivity index (χ4n) is 0.947. The number of nitrogens with one attached hydrogen (secondary N) is 1. The maximum Gasteiger partial charge on any atom is 0.139 e. The molecule has 14 heavy (non-hydrogen) atoms. The van der Waals surface area contributed by atoms with Gasteiger partial charge in [0.25, 0.3) is 0 Å². The number of hydrogen-bond acceptors (Lipinski definition) is 4. The predicted molar refractivity (Wildman–Crippen MR) is 59.1 cm³/mol. The molecule has 0 spiro atoms. The zero-order valence-corrected chi connectivity index (χ0v) is 9.35. The fraction of sp³-hybridized carbons (Fsp3) is 0.875. The van der Waals surface area contributed by atoms with E-state index >= 15 is 0 Å². The number of nitrogens with zero attached hydrogens (tertiary/aromatic N) is 1. The van der Waals surface area contributed by atoms with E-state index in [1.54, 1.807) is 6.26 Å². The Labute approximate surface area is 87.2 Å². The predicted octanol–water partition coefficient (Wildman–Crippen LogP) is -0.129. The molecule has 1 atom stereocenters. The van der Waals surface area contributed by atoms with Crippen molar-refractivity contribution in [3.8, 4) is 0 Å². The van der Waals surface area contributed by atoms with Crippen molar-refractivity contribution in [2.75, 3.05) is 25.1 Å². The normalized spacial score (nSPS) is 14.2. The summed E-state index contributed by atoms with van der Waals surface area (Å²) in [5.74, 6) is 0.972. The highest BCUT2D eigenvalue weighted by Crippen LogP contribution is 1.93. The van der Waals surface area contributed by atoms with Crippen LogP contribution >= 0.6 is 0 Å². The minimum absolute atomic E-state index is 0.277. The van der Waals surface area contributed by atoms with Gasteiger partial charge in [-0.3, -0.25) is 4.21 Å². The van der Waals surface area contributed by atoms with Crippen LogP contribution in [0.15, 0.2) is 5.16 Å². The summed E-state index contributed by atoms with van der Waals surface area (Å²) in [7, 11) is -0.716. The van der Waals surface area contributed by atoms with E-state index in [0.717, 1.165) is 25.9 Å². The van der Waals surface area contributed by atoms with Crippen molar-refractivity contribution in [3.63, 3.8) is 0 Å². The number of amidine groups is 1. The lowest BCUT2D eigenvalue weighted by molar-refractivity contribution is 0.316. The molecule has 84 valence electrons. The maximum absolute atomic E-state index is 10.7. The molecule has 4 N–H and O–H groups in total. The third kappa shape index (κ3) is 9.47. The van der Waals surface area contributed by atoms with E-state index in [9.17, 15) is 4.21 Å². The highest BCUT2D eigenvalue weighted by Gasteiger charge is 1.94. The number of hydrogen-bond donors (Lipinski definition) is 3. The Hall–Kier alpha value is -0.620. The molecule has 0 aromatic carbocycles. The van der Waals surface area contributed by atoms with Crippen LogP contribution in [0.2, 0.25) is 0 Å². The van der Waals surface area contributed by atoms with Gasteiger partial charge in [0.05, 0.1) is 0 Å². The Morgan fingerprint density at radius 3 is 2.79 bits per heavy atom. The smallest absolute Gasteiger partial charge is 0.139 e. The van der Waals surface area contributed by atoms with Crippen molar-refractivity contribution >= 4 is 16.6 Å². The Balaban J connectivity index is 3.10. The number of oxime groups is 1. The highest BCUT2D eigenvalue weighted by molar-refractivity contribution is 7.84. The molecule has 0 aromatic rings. The molecular formula is C8H19N3O2S. The second kappa shape index (κ2) is 8.96. The van der Waals surface area contributed by atoms with Crippen molar-refractivity contribution in [1.29, 1.82) is 0 Å². The third-order valence-electron chi connectivity index (χ3n) is 1.73. The standard InChI is InChI=1S/C8H19N3O2S/c1-14(13)7-6-10-5-3-2-4-8(9)11-12/h10,12H,2-7H2,1H3,(H2,9,11). The summed E-state index contributed by atoms with van der Waals surface area (Å²) in [5, 5.41) is 14.3. The largest absolute Gasteiger partial charge is 0.409 e. The van der Waals surface area contributed by atoms with E-state index in [4.69, 9.17) is 10.9 Å². The molecule has 0 heterocycles. The van der Waals surface area contributed by atoms with Crippen molar-refractivity contribution in [1.82, 2.24) is 5.32 Å². The topological polar surface area (TPSA) is 87.7 Å². The molecule has 0 fully saturated rings. The molecule has 0 aromatic heterocycles. The fourth-order valence-corrected chi connectivity index (χ4v) is 1.38. The van der Waals surface area contributed by atoms with E-state index in [-0.39, 0.29) is 5.84 Å². The van der Waals surface area contributed by atoms with Gasteiger partial charge in [-0.25, -0.2) is 0 Å². The zero-order valence-electron chi connectivity index (χ0n) is 8.53. The molecule has 5 nitrogen and oxygen atoms in total. The van der Waals surface area contributed by atoms with Gasteiger partial charge in [0.1, 0.15) is 5.84 Å². The maximum atomic E-state index is 10.7. The van der Waals surface area contributed by atoms with E-state index in [1.165, 1.54) is 0 Å². The number of nitrogens with two attached hydrogens (primary N) is 1. The Morgan fingerprint density at radius 1 is 1.50 bits per heavy atom. The van der Waals surface area contributed by atoms with Crippen LogP contribution in [0.3, 0.4) is 0 Å². The van der Waals surface area contributed by atoms with Crippen LogP contribution in [0.5, 0.6) is 0 Å². The van der Waals surface area contributed by atoms with Gasteiger partial charge < -0.3 is 16.3 Å². The van der Waals surface area contributed by atoms with Crippen molar-refractivity contribution < 1.29 is 9.42 Å². The molecule has 0 bridgehead atoms.